The van der Waals surface area contributed by atoms with Gasteiger partial charge in [0.25, 0.3) is 0 Å². The number of thiophene rings is 1. The topological polar surface area (TPSA) is 42.9 Å². The molecule has 2 aliphatic heterocycles. The number of nitrogens with one attached hydrogen (secondary N) is 2. The highest BCUT2D eigenvalue weighted by Gasteiger charge is 2.34. The molecule has 3 heterocycles. The fourth-order valence-corrected chi connectivity index (χ4v) is 4.55. The Morgan fingerprint density at radius 1 is 1.33 bits per heavy atom. The van der Waals surface area contributed by atoms with Crippen LogP contribution in [0.1, 0.15) is 23.8 Å². The van der Waals surface area contributed by atoms with Crippen molar-refractivity contribution in [2.75, 3.05) is 45.8 Å². The average molecular weight is 404 g/mol. The number of likely N-dealkylation sites (tertiary alicyclic amines) is 1. The van der Waals surface area contributed by atoms with Crippen LogP contribution in [0.15, 0.2) is 16.4 Å². The Balaban J connectivity index is 1.44. The number of hydrogen-bond acceptors (Lipinski definition) is 4. The van der Waals surface area contributed by atoms with Crippen molar-refractivity contribution in [2.24, 2.45) is 4.99 Å². The lowest BCUT2D eigenvalue weighted by Gasteiger charge is -2.26. The predicted molar refractivity (Wildman–Crippen MR) is 103 cm³/mol. The molecule has 0 aromatic carbocycles. The van der Waals surface area contributed by atoms with Gasteiger partial charge in [-0.05, 0) is 36.8 Å². The van der Waals surface area contributed by atoms with E-state index >= 15 is 0 Å². The lowest BCUT2D eigenvalue weighted by Crippen LogP contribution is -2.45. The number of alkyl halides is 3. The van der Waals surface area contributed by atoms with Crippen molar-refractivity contribution in [3.8, 4) is 0 Å². The van der Waals surface area contributed by atoms with E-state index in [1.807, 2.05) is 18.3 Å². The molecular formula is C18H28F3N5S. The fourth-order valence-electron chi connectivity index (χ4n) is 3.66. The molecule has 0 amide bonds. The van der Waals surface area contributed by atoms with Gasteiger partial charge < -0.3 is 10.6 Å². The minimum Gasteiger partial charge on any atom is -0.357 e. The standard InChI is InChI=1S/C18H28F3N5S/c1-2-22-17(24-15-3-7-26(12-15)13-18(19,20)21)23-6-9-25-8-4-16-14(11-25)5-10-27-16/h5,10,15H,2-4,6-9,11-13H2,1H3,(H2,22,23,24). The van der Waals surface area contributed by atoms with E-state index in [2.05, 4.69) is 32.0 Å². The van der Waals surface area contributed by atoms with Crippen molar-refractivity contribution in [3.63, 3.8) is 0 Å². The zero-order valence-electron chi connectivity index (χ0n) is 15.7. The van der Waals surface area contributed by atoms with Crippen molar-refractivity contribution < 1.29 is 13.2 Å². The maximum absolute atomic E-state index is 12.5. The third-order valence-electron chi connectivity index (χ3n) is 4.93. The minimum absolute atomic E-state index is 0.00787. The van der Waals surface area contributed by atoms with Crippen molar-refractivity contribution in [1.29, 1.82) is 0 Å². The fraction of sp³-hybridized carbons (Fsp3) is 0.722. The van der Waals surface area contributed by atoms with Crippen LogP contribution in [0.4, 0.5) is 13.2 Å². The molecule has 2 aliphatic rings. The molecule has 0 radical (unpaired) electrons. The number of hydrogen-bond donors (Lipinski definition) is 2. The zero-order chi connectivity index (χ0) is 19.3. The van der Waals surface area contributed by atoms with Crippen LogP contribution in [0.25, 0.3) is 0 Å². The van der Waals surface area contributed by atoms with Crippen molar-refractivity contribution in [2.45, 2.75) is 38.5 Å². The monoisotopic (exact) mass is 403 g/mol. The van der Waals surface area contributed by atoms with Crippen molar-refractivity contribution in [3.05, 3.63) is 21.9 Å². The Morgan fingerprint density at radius 3 is 2.96 bits per heavy atom. The van der Waals surface area contributed by atoms with E-state index < -0.39 is 12.7 Å². The number of aliphatic imine (C=N–C) groups is 1. The van der Waals surface area contributed by atoms with Gasteiger partial charge in [-0.3, -0.25) is 14.8 Å². The maximum Gasteiger partial charge on any atom is 0.401 e. The van der Waals surface area contributed by atoms with Gasteiger partial charge in [0.1, 0.15) is 0 Å². The Morgan fingerprint density at radius 2 is 2.19 bits per heavy atom. The van der Waals surface area contributed by atoms with Crippen LogP contribution in [-0.2, 0) is 13.0 Å². The first-order valence-electron chi connectivity index (χ1n) is 9.54. The van der Waals surface area contributed by atoms with Gasteiger partial charge in [-0.2, -0.15) is 13.2 Å². The molecule has 0 aliphatic carbocycles. The Bertz CT molecular complexity index is 631. The summed E-state index contributed by atoms with van der Waals surface area (Å²) in [5.41, 5.74) is 1.43. The van der Waals surface area contributed by atoms with E-state index in [0.29, 0.717) is 32.0 Å². The zero-order valence-corrected chi connectivity index (χ0v) is 16.5. The summed E-state index contributed by atoms with van der Waals surface area (Å²) >= 11 is 1.84. The van der Waals surface area contributed by atoms with Gasteiger partial charge in [-0.25, -0.2) is 0 Å². The molecule has 0 bridgehead atoms. The second-order valence-corrected chi connectivity index (χ2v) is 8.14. The second-order valence-electron chi connectivity index (χ2n) is 7.14. The summed E-state index contributed by atoms with van der Waals surface area (Å²) < 4.78 is 37.6. The van der Waals surface area contributed by atoms with Gasteiger partial charge >= 0.3 is 6.18 Å². The van der Waals surface area contributed by atoms with Crippen LogP contribution < -0.4 is 10.6 Å². The second kappa shape index (κ2) is 9.25. The van der Waals surface area contributed by atoms with Gasteiger partial charge in [-0.1, -0.05) is 0 Å². The third kappa shape index (κ3) is 6.36. The molecule has 1 aromatic rings. The third-order valence-corrected chi connectivity index (χ3v) is 5.96. The molecule has 0 saturated carbocycles. The summed E-state index contributed by atoms with van der Waals surface area (Å²) in [4.78, 5) is 9.98. The minimum atomic E-state index is -4.13. The number of rotatable bonds is 6. The van der Waals surface area contributed by atoms with E-state index in [1.54, 1.807) is 0 Å². The molecular weight excluding hydrogens is 375 g/mol. The first kappa shape index (κ1) is 20.4. The Hall–Kier alpha value is -1.32. The SMILES string of the molecule is CCNC(=NCCN1CCc2sccc2C1)NC1CCN(CC(F)(F)F)C1. The van der Waals surface area contributed by atoms with E-state index in [4.69, 9.17) is 0 Å². The predicted octanol–water partition coefficient (Wildman–Crippen LogP) is 2.30. The smallest absolute Gasteiger partial charge is 0.357 e. The van der Waals surface area contributed by atoms with Gasteiger partial charge in [0.05, 0.1) is 13.1 Å². The van der Waals surface area contributed by atoms with E-state index in [9.17, 15) is 13.2 Å². The van der Waals surface area contributed by atoms with Gasteiger partial charge in [-0.15, -0.1) is 11.3 Å². The van der Waals surface area contributed by atoms with Crippen LogP contribution in [0.3, 0.4) is 0 Å². The number of guanidine groups is 1. The quantitative estimate of drug-likeness (QED) is 0.565. The van der Waals surface area contributed by atoms with E-state index in [1.165, 1.54) is 15.3 Å². The summed E-state index contributed by atoms with van der Waals surface area (Å²) in [7, 11) is 0. The largest absolute Gasteiger partial charge is 0.401 e. The molecule has 3 rings (SSSR count). The first-order valence-corrected chi connectivity index (χ1v) is 10.4. The van der Waals surface area contributed by atoms with Crippen molar-refractivity contribution >= 4 is 17.3 Å². The number of halogens is 3. The Kier molecular flexibility index (Phi) is 6.99. The van der Waals surface area contributed by atoms with Crippen LogP contribution >= 0.6 is 11.3 Å². The molecule has 1 saturated heterocycles. The lowest BCUT2D eigenvalue weighted by molar-refractivity contribution is -0.143. The average Bonchev–Trinajstić information content (AvgIpc) is 3.22. The summed E-state index contributed by atoms with van der Waals surface area (Å²) in [5.74, 6) is 0.699. The molecule has 27 heavy (non-hydrogen) atoms. The number of fused-ring (bicyclic) bond motifs is 1. The van der Waals surface area contributed by atoms with E-state index in [0.717, 1.165) is 32.6 Å². The van der Waals surface area contributed by atoms with E-state index in [-0.39, 0.29) is 6.04 Å². The van der Waals surface area contributed by atoms with Crippen LogP contribution in [0, 0.1) is 0 Å². The summed E-state index contributed by atoms with van der Waals surface area (Å²) in [6.45, 7) is 6.35. The van der Waals surface area contributed by atoms with Crippen LogP contribution in [0.5, 0.6) is 0 Å². The molecule has 0 spiro atoms. The normalized spacial score (nSPS) is 22.1. The molecule has 1 aromatic heterocycles. The Labute approximate surface area is 162 Å². The molecule has 1 unspecified atom stereocenters. The van der Waals surface area contributed by atoms with Gasteiger partial charge in [0.15, 0.2) is 5.96 Å². The maximum atomic E-state index is 12.5. The molecule has 2 N–H and O–H groups in total. The molecule has 152 valence electrons. The van der Waals surface area contributed by atoms with Gasteiger partial charge in [0, 0.05) is 50.2 Å². The highest BCUT2D eigenvalue weighted by molar-refractivity contribution is 7.10. The summed E-state index contributed by atoms with van der Waals surface area (Å²) in [6.07, 6.45) is -2.33. The summed E-state index contributed by atoms with van der Waals surface area (Å²) in [6, 6.07) is 2.21. The van der Waals surface area contributed by atoms with Crippen molar-refractivity contribution in [1.82, 2.24) is 20.4 Å². The molecule has 5 nitrogen and oxygen atoms in total. The molecule has 9 heteroatoms. The van der Waals surface area contributed by atoms with Crippen LogP contribution in [0.2, 0.25) is 0 Å². The molecule has 1 fully saturated rings. The highest BCUT2D eigenvalue weighted by Crippen LogP contribution is 2.23. The highest BCUT2D eigenvalue weighted by atomic mass is 32.1. The molecule has 1 atom stereocenters. The number of nitrogens with zero attached hydrogens (tertiary/aromatic N) is 3. The lowest BCUT2D eigenvalue weighted by atomic mass is 10.1. The summed E-state index contributed by atoms with van der Waals surface area (Å²) in [5, 5.41) is 8.65. The first-order chi connectivity index (χ1) is 12.9. The van der Waals surface area contributed by atoms with Crippen LogP contribution in [-0.4, -0.2) is 73.8 Å². The van der Waals surface area contributed by atoms with Gasteiger partial charge in [0.2, 0.25) is 0 Å².